The largest absolute Gasteiger partial charge is 0.391 e. The highest BCUT2D eigenvalue weighted by Gasteiger charge is 2.30. The molecule has 4 amide bonds. The van der Waals surface area contributed by atoms with E-state index >= 15 is 0 Å². The van der Waals surface area contributed by atoms with Gasteiger partial charge >= 0.3 is 0 Å². The number of benzene rings is 1. The zero-order chi connectivity index (χ0) is 29.7. The van der Waals surface area contributed by atoms with Crippen LogP contribution in [0.5, 0.6) is 0 Å². The summed E-state index contributed by atoms with van der Waals surface area (Å²) in [6, 6.07) is 5.18. The van der Waals surface area contributed by atoms with Gasteiger partial charge in [-0.1, -0.05) is 61.5 Å². The third kappa shape index (κ3) is 12.2. The van der Waals surface area contributed by atoms with E-state index in [-0.39, 0.29) is 36.0 Å². The van der Waals surface area contributed by atoms with Gasteiger partial charge in [-0.3, -0.25) is 19.2 Å². The fraction of sp³-hybridized carbons (Fsp3) is 0.667. The van der Waals surface area contributed by atoms with Gasteiger partial charge in [0.05, 0.1) is 12.1 Å². The van der Waals surface area contributed by atoms with Crippen molar-refractivity contribution in [3.05, 3.63) is 35.4 Å². The highest BCUT2D eigenvalue weighted by atomic mass is 16.3. The minimum absolute atomic E-state index is 0.106. The second-order valence-electron chi connectivity index (χ2n) is 11.6. The number of aliphatic hydroxyl groups is 1. The van der Waals surface area contributed by atoms with Crippen LogP contribution in [0.1, 0.15) is 95.4 Å². The van der Waals surface area contributed by atoms with Crippen LogP contribution in [-0.2, 0) is 9.59 Å². The van der Waals surface area contributed by atoms with Crippen molar-refractivity contribution in [2.45, 2.75) is 92.8 Å². The summed E-state index contributed by atoms with van der Waals surface area (Å²) in [6.45, 7) is 16.5. The summed E-state index contributed by atoms with van der Waals surface area (Å²) in [5, 5.41) is 22.5. The molecular formula is C30H50N4O5. The van der Waals surface area contributed by atoms with Gasteiger partial charge in [0.1, 0.15) is 6.04 Å². The lowest BCUT2D eigenvalue weighted by atomic mass is 9.91. The third-order valence-corrected chi connectivity index (χ3v) is 6.40. The maximum atomic E-state index is 13.1. The van der Waals surface area contributed by atoms with E-state index in [1.165, 1.54) is 6.07 Å². The van der Waals surface area contributed by atoms with Crippen molar-refractivity contribution in [3.63, 3.8) is 0 Å². The molecule has 0 bridgehead atoms. The fourth-order valence-electron chi connectivity index (χ4n) is 4.09. The Balaban J connectivity index is 2.90. The monoisotopic (exact) mass is 546 g/mol. The van der Waals surface area contributed by atoms with Crippen LogP contribution in [0.15, 0.2) is 24.3 Å². The molecule has 1 aromatic rings. The Kier molecular flexibility index (Phi) is 14.8. The average molecular weight is 547 g/mol. The number of carbonyl (C=O) groups is 4. The second kappa shape index (κ2) is 16.9. The first-order valence-corrected chi connectivity index (χ1v) is 14.2. The molecule has 9 nitrogen and oxygen atoms in total. The first-order chi connectivity index (χ1) is 18.3. The van der Waals surface area contributed by atoms with Crippen LogP contribution in [0.3, 0.4) is 0 Å². The molecule has 1 rings (SSSR count). The van der Waals surface area contributed by atoms with Gasteiger partial charge in [-0.05, 0) is 55.2 Å². The van der Waals surface area contributed by atoms with E-state index in [2.05, 4.69) is 21.3 Å². The molecule has 0 unspecified atom stereocenters. The van der Waals surface area contributed by atoms with Crippen LogP contribution in [0.4, 0.5) is 0 Å². The van der Waals surface area contributed by atoms with Gasteiger partial charge in [0.25, 0.3) is 11.8 Å². The van der Waals surface area contributed by atoms with E-state index in [0.29, 0.717) is 36.6 Å². The quantitative estimate of drug-likeness (QED) is 0.217. The van der Waals surface area contributed by atoms with Crippen molar-refractivity contribution in [1.29, 1.82) is 0 Å². The molecule has 39 heavy (non-hydrogen) atoms. The normalized spacial score (nSPS) is 14.5. The molecule has 4 atom stereocenters. The zero-order valence-electron chi connectivity index (χ0n) is 25.0. The first-order valence-electron chi connectivity index (χ1n) is 14.2. The second-order valence-corrected chi connectivity index (χ2v) is 11.6. The highest BCUT2D eigenvalue weighted by molar-refractivity contribution is 5.99. The number of aliphatic hydroxyl groups excluding tert-OH is 1. The zero-order valence-corrected chi connectivity index (χ0v) is 25.0. The number of amides is 4. The molecule has 0 saturated carbocycles. The van der Waals surface area contributed by atoms with E-state index in [0.717, 1.165) is 6.42 Å². The van der Waals surface area contributed by atoms with Gasteiger partial charge in [0, 0.05) is 30.1 Å². The van der Waals surface area contributed by atoms with Gasteiger partial charge < -0.3 is 26.4 Å². The molecule has 0 aliphatic heterocycles. The van der Waals surface area contributed by atoms with Gasteiger partial charge in [-0.2, -0.15) is 0 Å². The maximum Gasteiger partial charge on any atom is 0.251 e. The molecule has 0 heterocycles. The van der Waals surface area contributed by atoms with Crippen LogP contribution in [0.25, 0.3) is 0 Å². The summed E-state index contributed by atoms with van der Waals surface area (Å²) in [5.41, 5.74) is 0.706. The van der Waals surface area contributed by atoms with Crippen molar-refractivity contribution in [2.75, 3.05) is 13.1 Å². The summed E-state index contributed by atoms with van der Waals surface area (Å²) in [4.78, 5) is 51.0. The number of carbonyl (C=O) groups excluding carboxylic acids is 4. The average Bonchev–Trinajstić information content (AvgIpc) is 2.87. The standard InChI is InChI=1S/C30H50N4O5/c1-9-13-31-28(37)22-11-10-12-23(16-22)29(38)33-24(14-18(2)3)25(35)15-21(8)27(36)34-26(20(6)7)30(39)32-17-19(4)5/h10-12,16,18-21,24-26,35H,9,13-15,17H2,1-8H3,(H,31,37)(H,32,39)(H,33,38)(H,34,36)/t21-,24+,25+,26+/m1/s1. The lowest BCUT2D eigenvalue weighted by Crippen LogP contribution is -2.52. The summed E-state index contributed by atoms with van der Waals surface area (Å²) >= 11 is 0. The van der Waals surface area contributed by atoms with Gasteiger partial charge in [-0.15, -0.1) is 0 Å². The van der Waals surface area contributed by atoms with Crippen molar-refractivity contribution in [3.8, 4) is 0 Å². The molecular weight excluding hydrogens is 496 g/mol. The molecule has 1 aromatic carbocycles. The van der Waals surface area contributed by atoms with Crippen molar-refractivity contribution in [2.24, 2.45) is 23.7 Å². The summed E-state index contributed by atoms with van der Waals surface area (Å²) in [7, 11) is 0. The maximum absolute atomic E-state index is 13.1. The Morgan fingerprint density at radius 3 is 1.95 bits per heavy atom. The third-order valence-electron chi connectivity index (χ3n) is 6.40. The van der Waals surface area contributed by atoms with Gasteiger partial charge in [0.15, 0.2) is 0 Å². The summed E-state index contributed by atoms with van der Waals surface area (Å²) in [6.07, 6.45) is 0.437. The van der Waals surface area contributed by atoms with Crippen molar-refractivity contribution >= 4 is 23.6 Å². The Bertz CT molecular complexity index is 947. The van der Waals surface area contributed by atoms with Crippen LogP contribution in [-0.4, -0.2) is 60.0 Å². The molecule has 0 fully saturated rings. The molecule has 0 radical (unpaired) electrons. The van der Waals surface area contributed by atoms with Crippen molar-refractivity contribution < 1.29 is 24.3 Å². The molecule has 0 aliphatic carbocycles. The van der Waals surface area contributed by atoms with Crippen LogP contribution >= 0.6 is 0 Å². The van der Waals surface area contributed by atoms with Crippen LogP contribution < -0.4 is 21.3 Å². The molecule has 5 N–H and O–H groups in total. The van der Waals surface area contributed by atoms with Gasteiger partial charge in [-0.25, -0.2) is 0 Å². The molecule has 0 spiro atoms. The fourth-order valence-corrected chi connectivity index (χ4v) is 4.09. The Morgan fingerprint density at radius 1 is 0.795 bits per heavy atom. The van der Waals surface area contributed by atoms with Crippen LogP contribution in [0, 0.1) is 23.7 Å². The summed E-state index contributed by atoms with van der Waals surface area (Å²) in [5.74, 6) is -1.42. The predicted octanol–water partition coefficient (Wildman–Crippen LogP) is 3.27. The lowest BCUT2D eigenvalue weighted by Gasteiger charge is -2.29. The van der Waals surface area contributed by atoms with E-state index in [1.807, 2.05) is 48.5 Å². The van der Waals surface area contributed by atoms with Crippen LogP contribution in [0.2, 0.25) is 0 Å². The number of rotatable bonds is 16. The van der Waals surface area contributed by atoms with E-state index in [1.54, 1.807) is 25.1 Å². The Labute approximate surface area is 234 Å². The molecule has 0 aromatic heterocycles. The summed E-state index contributed by atoms with van der Waals surface area (Å²) < 4.78 is 0. The van der Waals surface area contributed by atoms with E-state index < -0.39 is 30.0 Å². The highest BCUT2D eigenvalue weighted by Crippen LogP contribution is 2.17. The first kappa shape index (κ1) is 34.1. The van der Waals surface area contributed by atoms with E-state index in [4.69, 9.17) is 0 Å². The Morgan fingerprint density at radius 2 is 1.41 bits per heavy atom. The minimum Gasteiger partial charge on any atom is -0.391 e. The SMILES string of the molecule is CCCNC(=O)c1cccc(C(=O)N[C@@H](CC(C)C)[C@@H](O)C[C@@H](C)C(=O)N[C@H](C(=O)NCC(C)C)C(C)C)c1. The lowest BCUT2D eigenvalue weighted by molar-refractivity contribution is -0.132. The molecule has 9 heteroatoms. The number of hydrogen-bond acceptors (Lipinski definition) is 5. The van der Waals surface area contributed by atoms with Gasteiger partial charge in [0.2, 0.25) is 11.8 Å². The predicted molar refractivity (Wildman–Crippen MR) is 154 cm³/mol. The van der Waals surface area contributed by atoms with Crippen molar-refractivity contribution in [1.82, 2.24) is 21.3 Å². The Hall–Kier alpha value is -2.94. The number of hydrogen-bond donors (Lipinski definition) is 5. The molecule has 0 saturated heterocycles. The topological polar surface area (TPSA) is 137 Å². The molecule has 220 valence electrons. The minimum atomic E-state index is -0.986. The smallest absolute Gasteiger partial charge is 0.251 e. The molecule has 0 aliphatic rings. The van der Waals surface area contributed by atoms with E-state index in [9.17, 15) is 24.3 Å². The number of nitrogens with one attached hydrogen (secondary N) is 4.